The summed E-state index contributed by atoms with van der Waals surface area (Å²) < 4.78 is 5.27. The number of ether oxygens (including phenoxy) is 1. The second-order valence-electron chi connectivity index (χ2n) is 6.68. The molecule has 25 heavy (non-hydrogen) atoms. The molecule has 1 aliphatic heterocycles. The largest absolute Gasteiger partial charge is 0.449 e. The smallest absolute Gasteiger partial charge is 0.339 e. The van der Waals surface area contributed by atoms with Gasteiger partial charge in [-0.15, -0.1) is 0 Å². The molecule has 0 saturated carbocycles. The van der Waals surface area contributed by atoms with Crippen LogP contribution in [-0.4, -0.2) is 39.9 Å². The van der Waals surface area contributed by atoms with Crippen LogP contribution in [0.2, 0.25) is 0 Å². The van der Waals surface area contributed by atoms with Crippen LogP contribution in [0, 0.1) is 17.0 Å². The van der Waals surface area contributed by atoms with E-state index >= 15 is 0 Å². The van der Waals surface area contributed by atoms with Gasteiger partial charge in [0, 0.05) is 23.7 Å². The fourth-order valence-corrected chi connectivity index (χ4v) is 3.28. The summed E-state index contributed by atoms with van der Waals surface area (Å²) >= 11 is 0. The summed E-state index contributed by atoms with van der Waals surface area (Å²) in [6, 6.07) is 4.36. The van der Waals surface area contributed by atoms with Crippen LogP contribution in [0.1, 0.15) is 56.0 Å². The number of piperidine rings is 1. The average molecular weight is 348 g/mol. The number of nitro benzene ring substituents is 1. The fraction of sp³-hybridized carbons (Fsp3) is 0.556. The van der Waals surface area contributed by atoms with Gasteiger partial charge in [0.2, 0.25) is 0 Å². The number of aryl methyl sites for hydroxylation is 1. The third kappa shape index (κ3) is 4.15. The first-order valence-electron chi connectivity index (χ1n) is 8.50. The van der Waals surface area contributed by atoms with Crippen LogP contribution in [-0.2, 0) is 9.53 Å². The first-order chi connectivity index (χ1) is 11.7. The van der Waals surface area contributed by atoms with Crippen molar-refractivity contribution in [1.82, 2.24) is 4.90 Å². The number of hydrogen-bond donors (Lipinski definition) is 0. The number of amides is 1. The molecular formula is C18H24N2O5. The predicted molar refractivity (Wildman–Crippen MR) is 92.3 cm³/mol. The van der Waals surface area contributed by atoms with Gasteiger partial charge in [0.15, 0.2) is 6.10 Å². The minimum Gasteiger partial charge on any atom is -0.449 e. The van der Waals surface area contributed by atoms with Crippen molar-refractivity contribution >= 4 is 17.6 Å². The molecule has 1 amide bonds. The minimum atomic E-state index is -0.934. The number of esters is 1. The molecule has 7 heteroatoms. The monoisotopic (exact) mass is 348 g/mol. The molecule has 1 aromatic carbocycles. The Morgan fingerprint density at radius 1 is 1.28 bits per heavy atom. The highest BCUT2D eigenvalue weighted by Crippen LogP contribution is 2.24. The number of rotatable bonds is 4. The maximum Gasteiger partial charge on any atom is 0.339 e. The summed E-state index contributed by atoms with van der Waals surface area (Å²) in [6.45, 7) is 7.12. The molecular weight excluding hydrogens is 324 g/mol. The molecule has 0 aliphatic carbocycles. The zero-order valence-electron chi connectivity index (χ0n) is 15.0. The van der Waals surface area contributed by atoms with Gasteiger partial charge < -0.3 is 9.64 Å². The Labute approximate surface area is 147 Å². The summed E-state index contributed by atoms with van der Waals surface area (Å²) in [6.07, 6.45) is 2.01. The average Bonchev–Trinajstić information content (AvgIpc) is 2.54. The van der Waals surface area contributed by atoms with Crippen LogP contribution in [0.4, 0.5) is 5.69 Å². The van der Waals surface area contributed by atoms with Crippen LogP contribution < -0.4 is 0 Å². The maximum atomic E-state index is 12.7. The highest BCUT2D eigenvalue weighted by Gasteiger charge is 2.33. The van der Waals surface area contributed by atoms with E-state index in [2.05, 4.69) is 0 Å². The van der Waals surface area contributed by atoms with Gasteiger partial charge in [-0.3, -0.25) is 14.9 Å². The highest BCUT2D eigenvalue weighted by atomic mass is 16.6. The summed E-state index contributed by atoms with van der Waals surface area (Å²) in [4.78, 5) is 37.2. The molecule has 3 atom stereocenters. The van der Waals surface area contributed by atoms with Crippen molar-refractivity contribution in [2.45, 2.75) is 65.1 Å². The zero-order chi connectivity index (χ0) is 18.7. The van der Waals surface area contributed by atoms with Crippen LogP contribution in [0.5, 0.6) is 0 Å². The van der Waals surface area contributed by atoms with Gasteiger partial charge in [-0.2, -0.15) is 0 Å². The number of carbonyl (C=O) groups is 2. The first-order valence-corrected chi connectivity index (χ1v) is 8.50. The van der Waals surface area contributed by atoms with Crippen LogP contribution in [0.3, 0.4) is 0 Å². The van der Waals surface area contributed by atoms with Gasteiger partial charge in [0.25, 0.3) is 11.6 Å². The van der Waals surface area contributed by atoms with Crippen LogP contribution in [0.25, 0.3) is 0 Å². The van der Waals surface area contributed by atoms with Crippen molar-refractivity contribution in [2.24, 2.45) is 0 Å². The molecule has 1 aromatic rings. The van der Waals surface area contributed by atoms with Gasteiger partial charge in [-0.05, 0) is 53.0 Å². The van der Waals surface area contributed by atoms with E-state index in [0.29, 0.717) is 5.56 Å². The van der Waals surface area contributed by atoms with Crippen molar-refractivity contribution in [1.29, 1.82) is 0 Å². The zero-order valence-corrected chi connectivity index (χ0v) is 15.0. The van der Waals surface area contributed by atoms with E-state index in [1.807, 2.05) is 13.8 Å². The van der Waals surface area contributed by atoms with Crippen molar-refractivity contribution in [3.8, 4) is 0 Å². The third-order valence-corrected chi connectivity index (χ3v) is 4.72. The minimum absolute atomic E-state index is 0.0664. The van der Waals surface area contributed by atoms with E-state index in [1.54, 1.807) is 11.8 Å². The number of carbonyl (C=O) groups excluding carboxylic acids is 2. The van der Waals surface area contributed by atoms with E-state index in [1.165, 1.54) is 25.1 Å². The fourth-order valence-electron chi connectivity index (χ4n) is 3.28. The quantitative estimate of drug-likeness (QED) is 0.473. The molecule has 136 valence electrons. The predicted octanol–water partition coefficient (Wildman–Crippen LogP) is 3.24. The van der Waals surface area contributed by atoms with E-state index < -0.39 is 17.0 Å². The number of nitro groups is 1. The van der Waals surface area contributed by atoms with Crippen LogP contribution in [0.15, 0.2) is 18.2 Å². The maximum absolute atomic E-state index is 12.7. The van der Waals surface area contributed by atoms with E-state index in [-0.39, 0.29) is 29.2 Å². The van der Waals surface area contributed by atoms with Gasteiger partial charge in [0.05, 0.1) is 10.5 Å². The summed E-state index contributed by atoms with van der Waals surface area (Å²) in [7, 11) is 0. The molecule has 0 bridgehead atoms. The van der Waals surface area contributed by atoms with Gasteiger partial charge in [-0.1, -0.05) is 6.07 Å². The molecule has 1 saturated heterocycles. The van der Waals surface area contributed by atoms with Gasteiger partial charge in [-0.25, -0.2) is 4.79 Å². The Balaban J connectivity index is 2.10. The Morgan fingerprint density at radius 3 is 2.44 bits per heavy atom. The third-order valence-electron chi connectivity index (χ3n) is 4.72. The van der Waals surface area contributed by atoms with Gasteiger partial charge in [0.1, 0.15) is 0 Å². The molecule has 1 aliphatic rings. The molecule has 1 heterocycles. The van der Waals surface area contributed by atoms with E-state index in [4.69, 9.17) is 4.74 Å². The number of likely N-dealkylation sites (tertiary alicyclic amines) is 1. The normalized spacial score (nSPS) is 21.5. The molecule has 0 unspecified atom stereocenters. The highest BCUT2D eigenvalue weighted by molar-refractivity contribution is 5.93. The Bertz CT molecular complexity index is 678. The van der Waals surface area contributed by atoms with Crippen molar-refractivity contribution in [2.75, 3.05) is 0 Å². The second-order valence-corrected chi connectivity index (χ2v) is 6.68. The molecule has 7 nitrogen and oxygen atoms in total. The number of hydrogen-bond acceptors (Lipinski definition) is 5. The number of nitrogens with zero attached hydrogens (tertiary/aromatic N) is 2. The lowest BCUT2D eigenvalue weighted by Crippen LogP contribution is -2.51. The topological polar surface area (TPSA) is 89.8 Å². The van der Waals surface area contributed by atoms with Gasteiger partial charge >= 0.3 is 5.97 Å². The van der Waals surface area contributed by atoms with Crippen molar-refractivity contribution < 1.29 is 19.2 Å². The lowest BCUT2D eigenvalue weighted by molar-refractivity contribution is -0.385. The first kappa shape index (κ1) is 18.9. The van der Waals surface area contributed by atoms with Crippen LogP contribution >= 0.6 is 0 Å². The molecule has 1 fully saturated rings. The Morgan fingerprint density at radius 2 is 1.88 bits per heavy atom. The summed E-state index contributed by atoms with van der Waals surface area (Å²) in [5, 5.41) is 11.0. The Kier molecular flexibility index (Phi) is 5.77. The van der Waals surface area contributed by atoms with Crippen molar-refractivity contribution in [3.63, 3.8) is 0 Å². The lowest BCUT2D eigenvalue weighted by Gasteiger charge is -2.40. The molecule has 2 rings (SSSR count). The molecule has 0 aromatic heterocycles. The lowest BCUT2D eigenvalue weighted by atomic mass is 9.97. The van der Waals surface area contributed by atoms with E-state index in [9.17, 15) is 19.7 Å². The summed E-state index contributed by atoms with van der Waals surface area (Å²) in [5.41, 5.74) is 0.380. The molecule has 0 radical (unpaired) electrons. The number of benzene rings is 1. The van der Waals surface area contributed by atoms with Crippen molar-refractivity contribution in [3.05, 3.63) is 39.4 Å². The second kappa shape index (κ2) is 7.63. The Hall–Kier alpha value is -2.44. The SMILES string of the molecule is Cc1ccc(C(=O)O[C@@H](C)C(=O)N2[C@H](C)CCC[C@@H]2C)cc1[N+](=O)[O-]. The molecule has 0 spiro atoms. The molecule has 0 N–H and O–H groups in total. The van der Waals surface area contributed by atoms with E-state index in [0.717, 1.165) is 19.3 Å². The summed E-state index contributed by atoms with van der Waals surface area (Å²) in [5.74, 6) is -0.962. The standard InChI is InChI=1S/C18H24N2O5/c1-11-8-9-15(10-16(11)20(23)24)18(22)25-14(4)17(21)19-12(2)6-5-7-13(19)3/h8-10,12-14H,5-7H2,1-4H3/t12-,13+,14-/m0/s1.